The standard InChI is InChI=1S/C19H19BrFN3O2/c1-12-4-7-22-17(10-12)23-18(25)13-5-8-24(9-6-13)19(26)15-3-2-14(21)11-16(15)20/h2-4,7,10-11,13H,5-6,8-9H2,1H3,(H,22,23,25). The molecule has 2 heterocycles. The molecule has 1 aromatic heterocycles. The molecule has 1 fully saturated rings. The van der Waals surface area contributed by atoms with E-state index >= 15 is 0 Å². The third-order valence-electron chi connectivity index (χ3n) is 4.48. The largest absolute Gasteiger partial charge is 0.339 e. The lowest BCUT2D eigenvalue weighted by Gasteiger charge is -2.31. The maximum Gasteiger partial charge on any atom is 0.255 e. The summed E-state index contributed by atoms with van der Waals surface area (Å²) in [6, 6.07) is 7.72. The van der Waals surface area contributed by atoms with E-state index in [1.54, 1.807) is 11.1 Å². The first-order chi connectivity index (χ1) is 12.4. The van der Waals surface area contributed by atoms with Gasteiger partial charge in [-0.1, -0.05) is 0 Å². The van der Waals surface area contributed by atoms with Crippen molar-refractivity contribution >= 4 is 33.6 Å². The number of hydrogen-bond donors (Lipinski definition) is 1. The second-order valence-corrected chi connectivity index (χ2v) is 7.25. The maximum absolute atomic E-state index is 13.2. The zero-order valence-corrected chi connectivity index (χ0v) is 15.9. The van der Waals surface area contributed by atoms with Crippen LogP contribution in [0.15, 0.2) is 41.0 Å². The van der Waals surface area contributed by atoms with Crippen molar-refractivity contribution in [2.24, 2.45) is 5.92 Å². The highest BCUT2D eigenvalue weighted by Gasteiger charge is 2.28. The lowest BCUT2D eigenvalue weighted by molar-refractivity contribution is -0.121. The number of benzene rings is 1. The molecule has 2 amide bonds. The zero-order valence-electron chi connectivity index (χ0n) is 14.3. The number of piperidine rings is 1. The van der Waals surface area contributed by atoms with Crippen molar-refractivity contribution in [3.8, 4) is 0 Å². The Bertz CT molecular complexity index is 835. The van der Waals surface area contributed by atoms with E-state index in [9.17, 15) is 14.0 Å². The van der Waals surface area contributed by atoms with E-state index in [4.69, 9.17) is 0 Å². The maximum atomic E-state index is 13.2. The quantitative estimate of drug-likeness (QED) is 0.822. The Morgan fingerprint density at radius 2 is 1.96 bits per heavy atom. The van der Waals surface area contributed by atoms with E-state index in [0.717, 1.165) is 5.56 Å². The van der Waals surface area contributed by atoms with Gasteiger partial charge in [0.1, 0.15) is 11.6 Å². The van der Waals surface area contributed by atoms with Gasteiger partial charge in [0.2, 0.25) is 5.91 Å². The molecule has 0 radical (unpaired) electrons. The average Bonchev–Trinajstić information content (AvgIpc) is 2.61. The summed E-state index contributed by atoms with van der Waals surface area (Å²) in [4.78, 5) is 30.9. The molecule has 1 N–H and O–H groups in total. The highest BCUT2D eigenvalue weighted by Crippen LogP contribution is 2.24. The molecule has 1 aliphatic rings. The number of aryl methyl sites for hydroxylation is 1. The first-order valence-electron chi connectivity index (χ1n) is 8.42. The number of halogens is 2. The van der Waals surface area contributed by atoms with Crippen LogP contribution < -0.4 is 5.32 Å². The van der Waals surface area contributed by atoms with Crippen LogP contribution in [0.2, 0.25) is 0 Å². The predicted octanol–water partition coefficient (Wildman–Crippen LogP) is 3.78. The molecule has 1 aliphatic heterocycles. The van der Waals surface area contributed by atoms with Crippen molar-refractivity contribution in [2.75, 3.05) is 18.4 Å². The van der Waals surface area contributed by atoms with Crippen molar-refractivity contribution in [1.29, 1.82) is 0 Å². The van der Waals surface area contributed by atoms with Gasteiger partial charge >= 0.3 is 0 Å². The van der Waals surface area contributed by atoms with E-state index in [1.807, 2.05) is 19.1 Å². The summed E-state index contributed by atoms with van der Waals surface area (Å²) < 4.78 is 13.6. The highest BCUT2D eigenvalue weighted by molar-refractivity contribution is 9.10. The Morgan fingerprint density at radius 1 is 1.23 bits per heavy atom. The molecule has 0 saturated carbocycles. The Kier molecular flexibility index (Phi) is 5.66. The van der Waals surface area contributed by atoms with Crippen LogP contribution in [0.4, 0.5) is 10.2 Å². The van der Waals surface area contributed by atoms with Crippen molar-refractivity contribution in [2.45, 2.75) is 19.8 Å². The van der Waals surface area contributed by atoms with Crippen molar-refractivity contribution in [3.63, 3.8) is 0 Å². The first-order valence-corrected chi connectivity index (χ1v) is 9.21. The Labute approximate surface area is 159 Å². The van der Waals surface area contributed by atoms with Gasteiger partial charge in [-0.05, 0) is 71.6 Å². The number of carbonyl (C=O) groups excluding carboxylic acids is 2. The van der Waals surface area contributed by atoms with Crippen LogP contribution >= 0.6 is 15.9 Å². The van der Waals surface area contributed by atoms with Gasteiger partial charge < -0.3 is 10.2 Å². The number of rotatable bonds is 3. The highest BCUT2D eigenvalue weighted by atomic mass is 79.9. The van der Waals surface area contributed by atoms with E-state index in [0.29, 0.717) is 41.8 Å². The SMILES string of the molecule is Cc1ccnc(NC(=O)C2CCN(C(=O)c3ccc(F)cc3Br)CC2)c1. The monoisotopic (exact) mass is 419 g/mol. The lowest BCUT2D eigenvalue weighted by atomic mass is 9.95. The molecule has 7 heteroatoms. The van der Waals surface area contributed by atoms with Gasteiger partial charge in [0.25, 0.3) is 5.91 Å². The van der Waals surface area contributed by atoms with E-state index in [-0.39, 0.29) is 17.7 Å². The molecule has 3 rings (SSSR count). The minimum absolute atomic E-state index is 0.0711. The molecule has 5 nitrogen and oxygen atoms in total. The Balaban J connectivity index is 1.58. The number of carbonyl (C=O) groups is 2. The number of aromatic nitrogens is 1. The van der Waals surface area contributed by atoms with Gasteiger partial charge in [0.05, 0.1) is 5.56 Å². The second-order valence-electron chi connectivity index (χ2n) is 6.40. The smallest absolute Gasteiger partial charge is 0.255 e. The van der Waals surface area contributed by atoms with Crippen LogP contribution in [0.3, 0.4) is 0 Å². The topological polar surface area (TPSA) is 62.3 Å². The number of pyridine rings is 1. The predicted molar refractivity (Wildman–Crippen MR) is 100 cm³/mol. The third-order valence-corrected chi connectivity index (χ3v) is 5.14. The fraction of sp³-hybridized carbons (Fsp3) is 0.316. The lowest BCUT2D eigenvalue weighted by Crippen LogP contribution is -2.41. The summed E-state index contributed by atoms with van der Waals surface area (Å²) in [5.74, 6) is -0.232. The molecule has 0 spiro atoms. The van der Waals surface area contributed by atoms with E-state index in [2.05, 4.69) is 26.2 Å². The normalized spacial score (nSPS) is 15.0. The average molecular weight is 420 g/mol. The molecule has 0 atom stereocenters. The van der Waals surface area contributed by atoms with Gasteiger partial charge in [0.15, 0.2) is 0 Å². The number of nitrogens with zero attached hydrogens (tertiary/aromatic N) is 2. The van der Waals surface area contributed by atoms with E-state index < -0.39 is 5.82 Å². The molecular formula is C19H19BrFN3O2. The summed E-state index contributed by atoms with van der Waals surface area (Å²) >= 11 is 3.23. The van der Waals surface area contributed by atoms with Crippen LogP contribution in [0.25, 0.3) is 0 Å². The molecule has 2 aromatic rings. The van der Waals surface area contributed by atoms with Crippen LogP contribution in [0, 0.1) is 18.7 Å². The summed E-state index contributed by atoms with van der Waals surface area (Å²) in [6.07, 6.45) is 2.83. The van der Waals surface area contributed by atoms with Gasteiger partial charge in [-0.2, -0.15) is 0 Å². The first kappa shape index (κ1) is 18.5. The number of amides is 2. The summed E-state index contributed by atoms with van der Waals surface area (Å²) in [6.45, 7) is 2.92. The summed E-state index contributed by atoms with van der Waals surface area (Å²) in [5.41, 5.74) is 1.46. The zero-order chi connectivity index (χ0) is 18.7. The molecule has 136 valence electrons. The number of hydrogen-bond acceptors (Lipinski definition) is 3. The third kappa shape index (κ3) is 4.27. The molecule has 1 saturated heterocycles. The fourth-order valence-electron chi connectivity index (χ4n) is 3.01. The Morgan fingerprint density at radius 3 is 2.62 bits per heavy atom. The van der Waals surface area contributed by atoms with Crippen molar-refractivity contribution in [1.82, 2.24) is 9.88 Å². The van der Waals surface area contributed by atoms with Gasteiger partial charge in [-0.25, -0.2) is 9.37 Å². The Hall–Kier alpha value is -2.28. The molecule has 26 heavy (non-hydrogen) atoms. The van der Waals surface area contributed by atoms with Crippen molar-refractivity contribution in [3.05, 3.63) is 57.9 Å². The molecule has 0 aliphatic carbocycles. The number of nitrogens with one attached hydrogen (secondary N) is 1. The number of anilines is 1. The second kappa shape index (κ2) is 7.95. The summed E-state index contributed by atoms with van der Waals surface area (Å²) in [7, 11) is 0. The minimum Gasteiger partial charge on any atom is -0.339 e. The van der Waals surface area contributed by atoms with Crippen molar-refractivity contribution < 1.29 is 14.0 Å². The van der Waals surface area contributed by atoms with Crippen LogP contribution in [0.1, 0.15) is 28.8 Å². The number of likely N-dealkylation sites (tertiary alicyclic amines) is 1. The van der Waals surface area contributed by atoms with Gasteiger partial charge in [0, 0.05) is 29.7 Å². The van der Waals surface area contributed by atoms with Crippen LogP contribution in [-0.2, 0) is 4.79 Å². The van der Waals surface area contributed by atoms with Crippen LogP contribution in [0.5, 0.6) is 0 Å². The summed E-state index contributed by atoms with van der Waals surface area (Å²) in [5, 5.41) is 2.84. The minimum atomic E-state index is -0.395. The molecule has 0 bridgehead atoms. The van der Waals surface area contributed by atoms with Crippen LogP contribution in [-0.4, -0.2) is 34.8 Å². The molecular weight excluding hydrogens is 401 g/mol. The molecule has 1 aromatic carbocycles. The fourth-order valence-corrected chi connectivity index (χ4v) is 3.53. The molecule has 0 unspecified atom stereocenters. The van der Waals surface area contributed by atoms with E-state index in [1.165, 1.54) is 18.2 Å². The van der Waals surface area contributed by atoms with Gasteiger partial charge in [-0.3, -0.25) is 9.59 Å². The van der Waals surface area contributed by atoms with Gasteiger partial charge in [-0.15, -0.1) is 0 Å².